The minimum atomic E-state index is 0.105. The Hall–Kier alpha value is -0.870. The quantitative estimate of drug-likeness (QED) is 0.823. The molecule has 1 atom stereocenters. The highest BCUT2D eigenvalue weighted by atomic mass is 16.5. The zero-order valence-corrected chi connectivity index (χ0v) is 12.2. The number of aromatic nitrogens is 2. The zero-order valence-electron chi connectivity index (χ0n) is 12.2. The van der Waals surface area contributed by atoms with Crippen molar-refractivity contribution in [2.24, 2.45) is 7.05 Å². The van der Waals surface area contributed by atoms with E-state index in [1.54, 1.807) is 0 Å². The second-order valence-corrected chi connectivity index (χ2v) is 5.94. The molecule has 0 spiro atoms. The van der Waals surface area contributed by atoms with Gasteiger partial charge in [0.05, 0.1) is 18.4 Å². The Bertz CT molecular complexity index is 411. The minimum Gasteiger partial charge on any atom is -0.375 e. The SMILES string of the molecule is CCc1nn(C)cc1CN1C[C@H](C)OCC1(C)C. The van der Waals surface area contributed by atoms with Gasteiger partial charge in [-0.2, -0.15) is 5.10 Å². The average Bonchev–Trinajstić information content (AvgIpc) is 2.65. The Labute approximate surface area is 110 Å². The van der Waals surface area contributed by atoms with Crippen LogP contribution in [0.25, 0.3) is 0 Å². The van der Waals surface area contributed by atoms with Crippen LogP contribution in [0, 0.1) is 0 Å². The number of morpholine rings is 1. The van der Waals surface area contributed by atoms with E-state index >= 15 is 0 Å². The summed E-state index contributed by atoms with van der Waals surface area (Å²) in [6.45, 7) is 11.6. The van der Waals surface area contributed by atoms with Gasteiger partial charge in [0, 0.05) is 37.4 Å². The zero-order chi connectivity index (χ0) is 13.3. The van der Waals surface area contributed by atoms with Crippen molar-refractivity contribution in [2.45, 2.75) is 52.3 Å². The first-order valence-electron chi connectivity index (χ1n) is 6.80. The molecule has 0 saturated carbocycles. The van der Waals surface area contributed by atoms with Gasteiger partial charge in [-0.1, -0.05) is 6.92 Å². The minimum absolute atomic E-state index is 0.105. The van der Waals surface area contributed by atoms with Gasteiger partial charge in [0.2, 0.25) is 0 Å². The van der Waals surface area contributed by atoms with E-state index in [1.807, 2.05) is 11.7 Å². The molecule has 18 heavy (non-hydrogen) atoms. The summed E-state index contributed by atoms with van der Waals surface area (Å²) in [6, 6.07) is 0. The lowest BCUT2D eigenvalue weighted by Gasteiger charge is -2.44. The van der Waals surface area contributed by atoms with E-state index in [1.165, 1.54) is 11.3 Å². The first-order valence-corrected chi connectivity index (χ1v) is 6.80. The predicted octanol–water partition coefficient (Wildman–Crippen LogP) is 1.98. The van der Waals surface area contributed by atoms with Gasteiger partial charge in [-0.25, -0.2) is 0 Å². The summed E-state index contributed by atoms with van der Waals surface area (Å²) in [5, 5.41) is 4.52. The maximum absolute atomic E-state index is 5.76. The molecular formula is C14H25N3O. The molecule has 1 saturated heterocycles. The Morgan fingerprint density at radius 2 is 2.22 bits per heavy atom. The molecule has 0 radical (unpaired) electrons. The van der Waals surface area contributed by atoms with Crippen molar-refractivity contribution >= 4 is 0 Å². The predicted molar refractivity (Wildman–Crippen MR) is 72.5 cm³/mol. The van der Waals surface area contributed by atoms with Gasteiger partial charge >= 0.3 is 0 Å². The first kappa shape index (κ1) is 13.6. The molecule has 4 heteroatoms. The summed E-state index contributed by atoms with van der Waals surface area (Å²) >= 11 is 0. The van der Waals surface area contributed by atoms with Crippen molar-refractivity contribution in [1.29, 1.82) is 0 Å². The van der Waals surface area contributed by atoms with Crippen LogP contribution in [-0.4, -0.2) is 39.5 Å². The third-order valence-electron chi connectivity index (χ3n) is 3.74. The van der Waals surface area contributed by atoms with Gasteiger partial charge in [0.15, 0.2) is 0 Å². The van der Waals surface area contributed by atoms with E-state index in [4.69, 9.17) is 4.74 Å². The normalized spacial score (nSPS) is 24.4. The molecule has 1 aromatic heterocycles. The maximum atomic E-state index is 5.76. The van der Waals surface area contributed by atoms with Crippen molar-refractivity contribution < 1.29 is 4.74 Å². The van der Waals surface area contributed by atoms with Gasteiger partial charge in [-0.05, 0) is 27.2 Å². The van der Waals surface area contributed by atoms with Crippen molar-refractivity contribution in [1.82, 2.24) is 14.7 Å². The van der Waals surface area contributed by atoms with Crippen LogP contribution < -0.4 is 0 Å². The standard InChI is InChI=1S/C14H25N3O/c1-6-13-12(8-16(5)15-13)9-17-7-11(2)18-10-14(17,3)4/h8,11H,6-7,9-10H2,1-5H3/t11-/m0/s1. The number of nitrogens with zero attached hydrogens (tertiary/aromatic N) is 3. The molecule has 0 bridgehead atoms. The Balaban J connectivity index is 2.15. The second-order valence-electron chi connectivity index (χ2n) is 5.94. The van der Waals surface area contributed by atoms with Crippen LogP contribution in [0.15, 0.2) is 6.20 Å². The van der Waals surface area contributed by atoms with Crippen LogP contribution in [-0.2, 0) is 24.8 Å². The van der Waals surface area contributed by atoms with Crippen molar-refractivity contribution in [3.05, 3.63) is 17.5 Å². The molecule has 4 nitrogen and oxygen atoms in total. The fraction of sp³-hybridized carbons (Fsp3) is 0.786. The topological polar surface area (TPSA) is 30.3 Å². The highest BCUT2D eigenvalue weighted by molar-refractivity contribution is 5.17. The number of aryl methyl sites for hydroxylation is 2. The average molecular weight is 251 g/mol. The maximum Gasteiger partial charge on any atom is 0.0675 e. The monoisotopic (exact) mass is 251 g/mol. The van der Waals surface area contributed by atoms with Gasteiger partial charge in [0.1, 0.15) is 0 Å². The number of hydrogen-bond donors (Lipinski definition) is 0. The Morgan fingerprint density at radius 3 is 2.89 bits per heavy atom. The van der Waals surface area contributed by atoms with Crippen LogP contribution in [0.1, 0.15) is 39.0 Å². The van der Waals surface area contributed by atoms with Crippen LogP contribution >= 0.6 is 0 Å². The molecular weight excluding hydrogens is 226 g/mol. The molecule has 0 unspecified atom stereocenters. The van der Waals surface area contributed by atoms with Gasteiger partial charge < -0.3 is 4.74 Å². The molecule has 1 aliphatic heterocycles. The third kappa shape index (κ3) is 2.75. The van der Waals surface area contributed by atoms with E-state index in [9.17, 15) is 0 Å². The first-order chi connectivity index (χ1) is 8.42. The Kier molecular flexibility index (Phi) is 3.78. The molecule has 0 N–H and O–H groups in total. The summed E-state index contributed by atoms with van der Waals surface area (Å²) in [4.78, 5) is 2.51. The summed E-state index contributed by atoms with van der Waals surface area (Å²) in [5.74, 6) is 0. The number of rotatable bonds is 3. The van der Waals surface area contributed by atoms with E-state index in [0.717, 1.165) is 26.1 Å². The van der Waals surface area contributed by atoms with Crippen molar-refractivity contribution in [3.63, 3.8) is 0 Å². The van der Waals surface area contributed by atoms with E-state index in [0.29, 0.717) is 6.10 Å². The van der Waals surface area contributed by atoms with Gasteiger partial charge in [0.25, 0.3) is 0 Å². The van der Waals surface area contributed by atoms with Crippen LogP contribution in [0.3, 0.4) is 0 Å². The van der Waals surface area contributed by atoms with Gasteiger partial charge in [-0.3, -0.25) is 9.58 Å². The number of hydrogen-bond acceptors (Lipinski definition) is 3. The molecule has 0 aliphatic carbocycles. The summed E-state index contributed by atoms with van der Waals surface area (Å²) in [6.07, 6.45) is 3.46. The molecule has 1 aliphatic rings. The smallest absolute Gasteiger partial charge is 0.0675 e. The lowest BCUT2D eigenvalue weighted by molar-refractivity contribution is -0.0950. The van der Waals surface area contributed by atoms with Crippen LogP contribution in [0.4, 0.5) is 0 Å². The molecule has 0 amide bonds. The highest BCUT2D eigenvalue weighted by Crippen LogP contribution is 2.25. The lowest BCUT2D eigenvalue weighted by Crippen LogP contribution is -2.54. The van der Waals surface area contributed by atoms with Crippen molar-refractivity contribution in [2.75, 3.05) is 13.2 Å². The summed E-state index contributed by atoms with van der Waals surface area (Å²) in [5.41, 5.74) is 2.67. The van der Waals surface area contributed by atoms with E-state index < -0.39 is 0 Å². The molecule has 2 heterocycles. The van der Waals surface area contributed by atoms with E-state index in [-0.39, 0.29) is 5.54 Å². The van der Waals surface area contributed by atoms with Crippen LogP contribution in [0.2, 0.25) is 0 Å². The van der Waals surface area contributed by atoms with Gasteiger partial charge in [-0.15, -0.1) is 0 Å². The second kappa shape index (κ2) is 5.02. The Morgan fingerprint density at radius 1 is 1.50 bits per heavy atom. The summed E-state index contributed by atoms with van der Waals surface area (Å²) < 4.78 is 7.68. The largest absolute Gasteiger partial charge is 0.375 e. The van der Waals surface area contributed by atoms with E-state index in [2.05, 4.69) is 43.9 Å². The number of ether oxygens (including phenoxy) is 1. The molecule has 2 rings (SSSR count). The fourth-order valence-corrected chi connectivity index (χ4v) is 2.55. The van der Waals surface area contributed by atoms with Crippen LogP contribution in [0.5, 0.6) is 0 Å². The fourth-order valence-electron chi connectivity index (χ4n) is 2.55. The highest BCUT2D eigenvalue weighted by Gasteiger charge is 2.33. The molecule has 1 fully saturated rings. The molecule has 1 aromatic rings. The summed E-state index contributed by atoms with van der Waals surface area (Å²) in [7, 11) is 2.00. The third-order valence-corrected chi connectivity index (χ3v) is 3.74. The molecule has 102 valence electrons. The molecule has 0 aromatic carbocycles. The lowest BCUT2D eigenvalue weighted by atomic mass is 10.00. The van der Waals surface area contributed by atoms with Crippen molar-refractivity contribution in [3.8, 4) is 0 Å².